The van der Waals surface area contributed by atoms with Gasteiger partial charge in [-0.15, -0.1) is 12.1 Å². The van der Waals surface area contributed by atoms with Gasteiger partial charge in [-0.3, -0.25) is 4.98 Å². The summed E-state index contributed by atoms with van der Waals surface area (Å²) in [5, 5.41) is 0.968. The zero-order chi connectivity index (χ0) is 8.67. The third-order valence-electron chi connectivity index (χ3n) is 2.06. The van der Waals surface area contributed by atoms with Gasteiger partial charge in [0, 0.05) is 32.5 Å². The van der Waals surface area contributed by atoms with Crippen molar-refractivity contribution in [2.45, 2.75) is 0 Å². The minimum absolute atomic E-state index is 0. The van der Waals surface area contributed by atoms with Crippen LogP contribution in [0.5, 0.6) is 0 Å². The van der Waals surface area contributed by atoms with E-state index in [-0.39, 0.29) is 20.1 Å². The molecule has 71 valence electrons. The van der Waals surface area contributed by atoms with Crippen LogP contribution in [0.3, 0.4) is 0 Å². The van der Waals surface area contributed by atoms with Gasteiger partial charge in [0.25, 0.3) is 0 Å². The first-order valence-corrected chi connectivity index (χ1v) is 4.03. The van der Waals surface area contributed by atoms with Crippen LogP contribution in [0.15, 0.2) is 36.9 Å². The fraction of sp³-hybridized carbons (Fsp3) is 0. The summed E-state index contributed by atoms with van der Waals surface area (Å²) >= 11 is 0. The number of aromatic nitrogens is 3. The van der Waals surface area contributed by atoms with Gasteiger partial charge in [-0.1, -0.05) is 17.6 Å². The first kappa shape index (κ1) is 9.31. The molecule has 0 aromatic carbocycles. The summed E-state index contributed by atoms with van der Waals surface area (Å²) < 4.78 is 1.96. The van der Waals surface area contributed by atoms with E-state index in [1.165, 1.54) is 0 Å². The summed E-state index contributed by atoms with van der Waals surface area (Å²) in [4.78, 5) is 8.46. The van der Waals surface area contributed by atoms with E-state index in [1.54, 1.807) is 18.5 Å². The Kier molecular flexibility index (Phi) is 2.31. The molecule has 14 heavy (non-hydrogen) atoms. The van der Waals surface area contributed by atoms with Crippen LogP contribution in [0, 0.1) is 6.07 Å². The number of nitrogens with zero attached hydrogens (tertiary/aromatic N) is 3. The third-order valence-corrected chi connectivity index (χ3v) is 2.06. The molecule has 4 heteroatoms. The van der Waals surface area contributed by atoms with E-state index in [2.05, 4.69) is 16.0 Å². The van der Waals surface area contributed by atoms with Crippen molar-refractivity contribution in [2.24, 2.45) is 0 Å². The molecule has 0 aliphatic rings. The van der Waals surface area contributed by atoms with E-state index in [0.29, 0.717) is 0 Å². The van der Waals surface area contributed by atoms with Gasteiger partial charge in [0.05, 0.1) is 5.65 Å². The number of hydrogen-bond acceptors (Lipinski definition) is 2. The van der Waals surface area contributed by atoms with E-state index in [0.717, 1.165) is 16.6 Å². The van der Waals surface area contributed by atoms with Crippen LogP contribution in [0.25, 0.3) is 16.6 Å². The number of hydrogen-bond donors (Lipinski definition) is 0. The summed E-state index contributed by atoms with van der Waals surface area (Å²) in [6.07, 6.45) is 7.37. The minimum Gasteiger partial charge on any atom is -0.352 e. The van der Waals surface area contributed by atoms with Crippen LogP contribution in [-0.4, -0.2) is 14.4 Å². The molecule has 0 N–H and O–H groups in total. The van der Waals surface area contributed by atoms with Crippen molar-refractivity contribution < 1.29 is 20.1 Å². The molecule has 3 aromatic heterocycles. The van der Waals surface area contributed by atoms with Crippen LogP contribution in [-0.2, 0) is 20.1 Å². The van der Waals surface area contributed by atoms with Gasteiger partial charge < -0.3 is 9.38 Å². The number of imidazole rings is 1. The monoisotopic (exact) mass is 361 g/mol. The van der Waals surface area contributed by atoms with Gasteiger partial charge in [0.2, 0.25) is 0 Å². The SMILES string of the molecule is [Ir].[c-]1ccnc2ccn3ccnc3c12. The van der Waals surface area contributed by atoms with E-state index >= 15 is 0 Å². The fourth-order valence-electron chi connectivity index (χ4n) is 1.46. The second-order valence-electron chi connectivity index (χ2n) is 2.82. The second kappa shape index (κ2) is 3.48. The third kappa shape index (κ3) is 1.24. The molecule has 0 atom stereocenters. The van der Waals surface area contributed by atoms with Crippen LogP contribution in [0.4, 0.5) is 0 Å². The summed E-state index contributed by atoms with van der Waals surface area (Å²) in [6.45, 7) is 0. The summed E-state index contributed by atoms with van der Waals surface area (Å²) in [5.41, 5.74) is 1.84. The average Bonchev–Trinajstić information content (AvgIpc) is 2.65. The molecule has 0 aliphatic carbocycles. The first-order chi connectivity index (χ1) is 6.45. The van der Waals surface area contributed by atoms with E-state index in [9.17, 15) is 0 Å². The van der Waals surface area contributed by atoms with Crippen molar-refractivity contribution in [3.05, 3.63) is 43.0 Å². The Hall–Kier alpha value is -1.25. The van der Waals surface area contributed by atoms with Gasteiger partial charge in [0.15, 0.2) is 0 Å². The van der Waals surface area contributed by atoms with Gasteiger partial charge in [0.1, 0.15) is 0 Å². The first-order valence-electron chi connectivity index (χ1n) is 4.03. The molecule has 0 bridgehead atoms. The summed E-state index contributed by atoms with van der Waals surface area (Å²) in [6, 6.07) is 6.90. The molecule has 1 radical (unpaired) electrons. The molecule has 0 saturated carbocycles. The van der Waals surface area contributed by atoms with Crippen molar-refractivity contribution in [1.82, 2.24) is 14.4 Å². The molecule has 0 spiro atoms. The van der Waals surface area contributed by atoms with Gasteiger partial charge in [-0.25, -0.2) is 0 Å². The molecule has 3 aromatic rings. The number of fused-ring (bicyclic) bond motifs is 3. The van der Waals surface area contributed by atoms with Gasteiger partial charge >= 0.3 is 0 Å². The normalized spacial score (nSPS) is 10.3. The maximum absolute atomic E-state index is 4.24. The van der Waals surface area contributed by atoms with Crippen LogP contribution >= 0.6 is 0 Å². The van der Waals surface area contributed by atoms with E-state index in [4.69, 9.17) is 0 Å². The predicted octanol–water partition coefficient (Wildman–Crippen LogP) is 1.68. The fourth-order valence-corrected chi connectivity index (χ4v) is 1.46. The molecule has 0 unspecified atom stereocenters. The Balaban J connectivity index is 0.000000750. The summed E-state index contributed by atoms with van der Waals surface area (Å²) in [7, 11) is 0. The Morgan fingerprint density at radius 2 is 2.07 bits per heavy atom. The molecule has 0 amide bonds. The van der Waals surface area contributed by atoms with Crippen molar-refractivity contribution in [3.8, 4) is 0 Å². The Morgan fingerprint density at radius 1 is 1.14 bits per heavy atom. The van der Waals surface area contributed by atoms with Gasteiger partial charge in [-0.2, -0.15) is 0 Å². The molecule has 0 fully saturated rings. The van der Waals surface area contributed by atoms with Crippen molar-refractivity contribution in [1.29, 1.82) is 0 Å². The van der Waals surface area contributed by atoms with Crippen molar-refractivity contribution in [3.63, 3.8) is 0 Å². The quantitative estimate of drug-likeness (QED) is 0.571. The summed E-state index contributed by atoms with van der Waals surface area (Å²) in [5.74, 6) is 0. The maximum atomic E-state index is 4.24. The number of rotatable bonds is 0. The van der Waals surface area contributed by atoms with Crippen LogP contribution in [0.1, 0.15) is 0 Å². The zero-order valence-corrected chi connectivity index (χ0v) is 9.53. The van der Waals surface area contributed by atoms with Crippen LogP contribution in [0.2, 0.25) is 0 Å². The van der Waals surface area contributed by atoms with E-state index < -0.39 is 0 Å². The second-order valence-corrected chi connectivity index (χ2v) is 2.82. The molecular weight excluding hydrogens is 354 g/mol. The molecule has 0 aliphatic heterocycles. The van der Waals surface area contributed by atoms with Crippen molar-refractivity contribution >= 4 is 16.6 Å². The van der Waals surface area contributed by atoms with Gasteiger partial charge in [-0.05, 0) is 11.7 Å². The molecular formula is C10H6IrN3-. The largest absolute Gasteiger partial charge is 0.352 e. The Morgan fingerprint density at radius 3 is 3.00 bits per heavy atom. The zero-order valence-electron chi connectivity index (χ0n) is 7.14. The number of pyridine rings is 2. The van der Waals surface area contributed by atoms with Crippen molar-refractivity contribution in [2.75, 3.05) is 0 Å². The smallest absolute Gasteiger partial charge is 0.0618 e. The Bertz CT molecular complexity index is 573. The van der Waals surface area contributed by atoms with Crippen LogP contribution < -0.4 is 0 Å². The molecule has 0 saturated heterocycles. The predicted molar refractivity (Wildman–Crippen MR) is 49.3 cm³/mol. The topological polar surface area (TPSA) is 30.2 Å². The van der Waals surface area contributed by atoms with E-state index in [1.807, 2.05) is 22.9 Å². The maximum Gasteiger partial charge on any atom is 0.0618 e. The average molecular weight is 360 g/mol. The Labute approximate surface area is 94.1 Å². The molecule has 3 heterocycles. The molecule has 3 rings (SSSR count). The molecule has 3 nitrogen and oxygen atoms in total. The standard InChI is InChI=1S/C10H6N3.Ir/c1-2-8-9(11-4-1)3-6-13-7-5-12-10(8)13;/h1,3-7H;/q-1;. The minimum atomic E-state index is 0.